The molecule has 266 valence electrons. The molecular formula is C51H49BN2. The van der Waals surface area contributed by atoms with Gasteiger partial charge in [0.05, 0.1) is 5.69 Å². The van der Waals surface area contributed by atoms with Crippen molar-refractivity contribution in [2.45, 2.75) is 71.6 Å². The van der Waals surface area contributed by atoms with Gasteiger partial charge in [0.2, 0.25) is 0 Å². The van der Waals surface area contributed by atoms with E-state index in [-0.39, 0.29) is 17.5 Å². The number of hydrogen-bond acceptors (Lipinski definition) is 2. The van der Waals surface area contributed by atoms with E-state index in [9.17, 15) is 0 Å². The van der Waals surface area contributed by atoms with Crippen LogP contribution in [0.1, 0.15) is 76.1 Å². The third-order valence-electron chi connectivity index (χ3n) is 11.7. The third kappa shape index (κ3) is 5.64. The van der Waals surface area contributed by atoms with Gasteiger partial charge in [-0.3, -0.25) is 0 Å². The Labute approximate surface area is 322 Å². The molecule has 0 saturated carbocycles. The van der Waals surface area contributed by atoms with E-state index in [0.717, 1.165) is 6.42 Å². The van der Waals surface area contributed by atoms with Crippen molar-refractivity contribution in [3.8, 4) is 11.1 Å². The Hall–Kier alpha value is -5.54. The molecule has 0 amide bonds. The Morgan fingerprint density at radius 2 is 1.09 bits per heavy atom. The van der Waals surface area contributed by atoms with Crippen LogP contribution in [0.2, 0.25) is 0 Å². The number of anilines is 6. The molecule has 1 unspecified atom stereocenters. The van der Waals surface area contributed by atoms with Crippen LogP contribution in [0.4, 0.5) is 34.1 Å². The van der Waals surface area contributed by atoms with Gasteiger partial charge in [-0.25, -0.2) is 0 Å². The lowest BCUT2D eigenvalue weighted by Crippen LogP contribution is -2.61. The summed E-state index contributed by atoms with van der Waals surface area (Å²) in [4.78, 5) is 5.18. The topological polar surface area (TPSA) is 6.48 Å². The lowest BCUT2D eigenvalue weighted by Gasteiger charge is -2.46. The number of allylic oxidation sites excluding steroid dienone is 4. The van der Waals surface area contributed by atoms with E-state index >= 15 is 0 Å². The van der Waals surface area contributed by atoms with Gasteiger partial charge >= 0.3 is 0 Å². The van der Waals surface area contributed by atoms with Crippen molar-refractivity contribution in [2.24, 2.45) is 0 Å². The van der Waals surface area contributed by atoms with E-state index in [1.807, 2.05) is 0 Å². The second-order valence-corrected chi connectivity index (χ2v) is 17.5. The van der Waals surface area contributed by atoms with Gasteiger partial charge in [0.1, 0.15) is 0 Å². The van der Waals surface area contributed by atoms with Crippen molar-refractivity contribution in [3.05, 3.63) is 174 Å². The van der Waals surface area contributed by atoms with Crippen LogP contribution >= 0.6 is 0 Å². The van der Waals surface area contributed by atoms with Gasteiger partial charge in [-0.15, -0.1) is 0 Å². The van der Waals surface area contributed by atoms with Crippen molar-refractivity contribution in [1.29, 1.82) is 0 Å². The lowest BCUT2D eigenvalue weighted by molar-refractivity contribution is 0.590. The van der Waals surface area contributed by atoms with Crippen molar-refractivity contribution in [3.63, 3.8) is 0 Å². The fourth-order valence-electron chi connectivity index (χ4n) is 8.94. The number of benzene rings is 6. The summed E-state index contributed by atoms with van der Waals surface area (Å²) in [5.41, 5.74) is 19.3. The van der Waals surface area contributed by atoms with Crippen LogP contribution in [0, 0.1) is 6.92 Å². The summed E-state index contributed by atoms with van der Waals surface area (Å²) in [5.74, 6) is 0.311. The van der Waals surface area contributed by atoms with Crippen molar-refractivity contribution >= 4 is 57.2 Å². The molecule has 0 aromatic heterocycles. The summed E-state index contributed by atoms with van der Waals surface area (Å²) in [7, 11) is 0. The van der Waals surface area contributed by atoms with Crippen LogP contribution in [0.5, 0.6) is 0 Å². The number of hydrogen-bond donors (Lipinski definition) is 0. The highest BCUT2D eigenvalue weighted by Gasteiger charge is 2.45. The van der Waals surface area contributed by atoms with Gasteiger partial charge in [0, 0.05) is 39.9 Å². The van der Waals surface area contributed by atoms with Gasteiger partial charge in [-0.1, -0.05) is 157 Å². The van der Waals surface area contributed by atoms with Crippen molar-refractivity contribution in [1.82, 2.24) is 0 Å². The van der Waals surface area contributed by atoms with Crippen LogP contribution in [0.3, 0.4) is 0 Å². The van der Waals surface area contributed by atoms with Gasteiger partial charge < -0.3 is 9.80 Å². The number of fused-ring (bicyclic) bond motifs is 4. The minimum Gasteiger partial charge on any atom is -0.311 e. The van der Waals surface area contributed by atoms with Gasteiger partial charge in [-0.05, 0) is 105 Å². The third-order valence-corrected chi connectivity index (χ3v) is 11.7. The fraction of sp³-hybridized carbons (Fsp3) is 0.216. The maximum absolute atomic E-state index is 2.60. The zero-order valence-corrected chi connectivity index (χ0v) is 32.7. The van der Waals surface area contributed by atoms with E-state index in [2.05, 4.69) is 210 Å². The summed E-state index contributed by atoms with van der Waals surface area (Å²) in [6, 6.07) is 48.4. The van der Waals surface area contributed by atoms with E-state index < -0.39 is 0 Å². The second kappa shape index (κ2) is 12.8. The average molecular weight is 701 g/mol. The molecule has 2 heterocycles. The van der Waals surface area contributed by atoms with Crippen molar-refractivity contribution < 1.29 is 0 Å². The molecule has 0 N–H and O–H groups in total. The maximum Gasteiger partial charge on any atom is 0.252 e. The van der Waals surface area contributed by atoms with Gasteiger partial charge in [0.25, 0.3) is 6.71 Å². The number of rotatable bonds is 4. The smallest absolute Gasteiger partial charge is 0.252 e. The fourth-order valence-corrected chi connectivity index (χ4v) is 8.94. The maximum atomic E-state index is 2.60. The largest absolute Gasteiger partial charge is 0.311 e. The molecule has 6 aromatic carbocycles. The minimum atomic E-state index is -0.00409. The Morgan fingerprint density at radius 1 is 0.537 bits per heavy atom. The summed E-state index contributed by atoms with van der Waals surface area (Å²) < 4.78 is 0. The van der Waals surface area contributed by atoms with E-state index in [0.29, 0.717) is 5.92 Å². The molecule has 3 aliphatic rings. The van der Waals surface area contributed by atoms with Crippen LogP contribution in [0.15, 0.2) is 152 Å². The molecule has 3 heteroatoms. The molecule has 2 aliphatic heterocycles. The summed E-state index contributed by atoms with van der Waals surface area (Å²) in [6.45, 7) is 16.4. The highest BCUT2D eigenvalue weighted by Crippen LogP contribution is 2.49. The Morgan fingerprint density at radius 3 is 1.69 bits per heavy atom. The molecule has 0 bridgehead atoms. The summed E-state index contributed by atoms with van der Waals surface area (Å²) in [5, 5.41) is 0. The molecule has 54 heavy (non-hydrogen) atoms. The molecular weight excluding hydrogens is 651 g/mol. The number of nitrogens with zero attached hydrogens (tertiary/aromatic N) is 2. The SMILES string of the molecule is Cc1cc2c3c(c1)N(c1ccccc1C1C=CC=CC1)c1ccc(C(C)(C)C)cc1B3c1cc(C(C)(C)C)ccc1N2c1ccccc1-c1ccccc1. The molecule has 2 nitrogen and oxygen atoms in total. The first-order valence-electron chi connectivity index (χ1n) is 19.6. The second-order valence-electron chi connectivity index (χ2n) is 17.5. The van der Waals surface area contributed by atoms with Crippen LogP contribution in [-0.4, -0.2) is 6.71 Å². The molecule has 0 radical (unpaired) electrons. The van der Waals surface area contributed by atoms with Crippen LogP contribution in [0.25, 0.3) is 11.1 Å². The van der Waals surface area contributed by atoms with Crippen molar-refractivity contribution in [2.75, 3.05) is 9.80 Å². The molecule has 9 rings (SSSR count). The highest BCUT2D eigenvalue weighted by atomic mass is 15.2. The quantitative estimate of drug-likeness (QED) is 0.169. The minimum absolute atomic E-state index is 0.00120. The van der Waals surface area contributed by atoms with Gasteiger partial charge in [0.15, 0.2) is 0 Å². The molecule has 0 saturated heterocycles. The number of para-hydroxylation sites is 2. The predicted octanol–water partition coefficient (Wildman–Crippen LogP) is 11.9. The zero-order valence-electron chi connectivity index (χ0n) is 32.7. The Kier molecular flexibility index (Phi) is 8.12. The van der Waals surface area contributed by atoms with E-state index in [1.165, 1.54) is 83.9 Å². The zero-order chi connectivity index (χ0) is 37.4. The monoisotopic (exact) mass is 700 g/mol. The van der Waals surface area contributed by atoms with E-state index in [1.54, 1.807) is 0 Å². The molecule has 0 fully saturated rings. The standard InChI is InChI=1S/C51H49BN2/c1-34-30-47-49-48(31-34)54(44-25-17-15-23-40(44)36-20-12-9-13-21-36)46-29-27-38(51(5,6)7)33-42(46)52(49)41-32-37(50(2,3)4)26-28-45(41)53(47)43-24-16-14-22-39(43)35-18-10-8-11-19-35/h8-20,22-33,36H,21H2,1-7H3. The first-order valence-corrected chi connectivity index (χ1v) is 19.6. The van der Waals surface area contributed by atoms with Crippen LogP contribution < -0.4 is 26.2 Å². The Balaban J connectivity index is 1.40. The normalized spacial score (nSPS) is 15.9. The molecule has 6 aromatic rings. The highest BCUT2D eigenvalue weighted by molar-refractivity contribution is 7.00. The number of aryl methyl sites for hydroxylation is 1. The lowest BCUT2D eigenvalue weighted by atomic mass is 9.33. The predicted molar refractivity (Wildman–Crippen MR) is 234 cm³/mol. The first-order chi connectivity index (χ1) is 26.0. The molecule has 1 atom stereocenters. The first kappa shape index (κ1) is 34.2. The van der Waals surface area contributed by atoms with Crippen LogP contribution in [-0.2, 0) is 10.8 Å². The Bertz CT molecular complexity index is 2480. The molecule has 0 spiro atoms. The van der Waals surface area contributed by atoms with E-state index in [4.69, 9.17) is 0 Å². The van der Waals surface area contributed by atoms with Gasteiger partial charge in [-0.2, -0.15) is 0 Å². The average Bonchev–Trinajstić information content (AvgIpc) is 3.17. The summed E-state index contributed by atoms with van der Waals surface area (Å²) >= 11 is 0. The summed E-state index contributed by atoms with van der Waals surface area (Å²) in [6.07, 6.45) is 10.1. The molecule has 1 aliphatic carbocycles.